The largest absolute Gasteiger partial charge is 0.444 e. The molecule has 1 aliphatic heterocycles. The van der Waals surface area contributed by atoms with Crippen molar-refractivity contribution in [3.63, 3.8) is 0 Å². The first-order chi connectivity index (χ1) is 16.4. The fraction of sp³-hybridized carbons (Fsp3) is 0.600. The minimum absolute atomic E-state index is 0.222. The maximum absolute atomic E-state index is 11.9. The minimum Gasteiger partial charge on any atom is -0.444 e. The predicted octanol–water partition coefficient (Wildman–Crippen LogP) is 7.59. The topological polar surface area (TPSA) is 49.9 Å². The highest BCUT2D eigenvalue weighted by Gasteiger charge is 2.25. The number of amides is 1. The molecule has 0 unspecified atom stereocenters. The molecule has 0 atom stereocenters. The molecule has 0 N–H and O–H groups in total. The summed E-state index contributed by atoms with van der Waals surface area (Å²) >= 11 is 0. The molecule has 5 nitrogen and oxygen atoms in total. The normalized spacial score (nSPS) is 14.2. The maximum atomic E-state index is 11.9. The highest BCUT2D eigenvalue weighted by Crippen LogP contribution is 2.22. The molecule has 1 aromatic carbocycles. The molecule has 1 fully saturated rings. The van der Waals surface area contributed by atoms with Crippen LogP contribution < -0.4 is 0 Å². The van der Waals surface area contributed by atoms with Crippen LogP contribution in [0.3, 0.4) is 0 Å². The van der Waals surface area contributed by atoms with E-state index in [4.69, 9.17) is 4.74 Å². The Morgan fingerprint density at radius 1 is 1.03 bits per heavy atom. The zero-order valence-corrected chi connectivity index (χ0v) is 24.1. The number of carbonyl (C=O) groups excluding carboxylic acids is 2. The van der Waals surface area contributed by atoms with Gasteiger partial charge in [0.15, 0.2) is 5.78 Å². The second-order valence-corrected chi connectivity index (χ2v) is 9.96. The Morgan fingerprint density at radius 3 is 2.03 bits per heavy atom. The van der Waals surface area contributed by atoms with Crippen LogP contribution in [0.25, 0.3) is 0 Å². The van der Waals surface area contributed by atoms with Crippen molar-refractivity contribution < 1.29 is 14.3 Å². The Kier molecular flexibility index (Phi) is 15.0. The number of allylic oxidation sites excluding steroid dienone is 2. The number of carbonyl (C=O) groups is 2. The molecule has 1 amide bonds. The zero-order chi connectivity index (χ0) is 27.2. The maximum Gasteiger partial charge on any atom is 0.410 e. The number of hydrogen-bond donors (Lipinski definition) is 0. The van der Waals surface area contributed by atoms with Gasteiger partial charge in [-0.05, 0) is 59.6 Å². The summed E-state index contributed by atoms with van der Waals surface area (Å²) in [5.41, 5.74) is 5.24. The van der Waals surface area contributed by atoms with Gasteiger partial charge in [-0.3, -0.25) is 4.79 Å². The van der Waals surface area contributed by atoms with E-state index in [1.807, 2.05) is 46.8 Å². The molecular weight excluding hydrogens is 436 g/mol. The van der Waals surface area contributed by atoms with Crippen molar-refractivity contribution in [2.75, 3.05) is 26.2 Å². The van der Waals surface area contributed by atoms with Crippen LogP contribution in [0.1, 0.15) is 96.6 Å². The number of hydrogen-bond acceptors (Lipinski definition) is 4. The van der Waals surface area contributed by atoms with Gasteiger partial charge in [0.1, 0.15) is 5.60 Å². The summed E-state index contributed by atoms with van der Waals surface area (Å²) in [6.07, 6.45) is 4.75. The van der Waals surface area contributed by atoms with E-state index >= 15 is 0 Å². The molecule has 0 radical (unpaired) electrons. The molecule has 1 heterocycles. The van der Waals surface area contributed by atoms with Gasteiger partial charge in [-0.15, -0.1) is 0 Å². The lowest BCUT2D eigenvalue weighted by atomic mass is 10.1. The average molecular weight is 487 g/mol. The third-order valence-corrected chi connectivity index (χ3v) is 4.98. The fourth-order valence-corrected chi connectivity index (χ4v) is 3.51. The van der Waals surface area contributed by atoms with Crippen LogP contribution >= 0.6 is 0 Å². The van der Waals surface area contributed by atoms with Crippen LogP contribution in [0.5, 0.6) is 0 Å². The monoisotopic (exact) mass is 486 g/mol. The second kappa shape index (κ2) is 16.2. The van der Waals surface area contributed by atoms with Gasteiger partial charge in [0.25, 0.3) is 0 Å². The second-order valence-electron chi connectivity index (χ2n) is 9.96. The lowest BCUT2D eigenvalue weighted by Crippen LogP contribution is -2.49. The highest BCUT2D eigenvalue weighted by molar-refractivity contribution is 6.00. The van der Waals surface area contributed by atoms with E-state index in [-0.39, 0.29) is 6.09 Å². The smallest absolute Gasteiger partial charge is 0.410 e. The van der Waals surface area contributed by atoms with Crippen LogP contribution in [0.2, 0.25) is 0 Å². The van der Waals surface area contributed by atoms with Gasteiger partial charge in [-0.1, -0.05) is 70.0 Å². The van der Waals surface area contributed by atoms with E-state index in [1.165, 1.54) is 23.1 Å². The van der Waals surface area contributed by atoms with Gasteiger partial charge in [0, 0.05) is 43.9 Å². The van der Waals surface area contributed by atoms with Gasteiger partial charge in [0.05, 0.1) is 0 Å². The van der Waals surface area contributed by atoms with Gasteiger partial charge in [0.2, 0.25) is 0 Å². The molecule has 198 valence electrons. The Labute approximate surface area is 215 Å². The van der Waals surface area contributed by atoms with Crippen molar-refractivity contribution in [3.8, 4) is 0 Å². The lowest BCUT2D eigenvalue weighted by Gasteiger charge is -2.37. The van der Waals surface area contributed by atoms with Crippen LogP contribution in [0.4, 0.5) is 4.79 Å². The number of Topliss-reactive ketones (excluding diaryl/α,β-unsaturated/α-hetero) is 1. The predicted molar refractivity (Wildman–Crippen MR) is 149 cm³/mol. The quantitative estimate of drug-likeness (QED) is 0.404. The van der Waals surface area contributed by atoms with E-state index in [1.54, 1.807) is 4.90 Å². The Bertz CT molecular complexity index is 838. The molecular formula is C30H50N2O3. The minimum atomic E-state index is -0.431. The third-order valence-electron chi connectivity index (χ3n) is 4.98. The molecule has 1 aromatic rings. The number of fused-ring (bicyclic) bond motifs is 1. The van der Waals surface area contributed by atoms with E-state index < -0.39 is 5.60 Å². The van der Waals surface area contributed by atoms with Gasteiger partial charge in [-0.25, -0.2) is 4.79 Å². The van der Waals surface area contributed by atoms with Crippen molar-refractivity contribution in [2.24, 2.45) is 0 Å². The Balaban J connectivity index is 0.000000605. The Hall–Kier alpha value is -2.56. The molecule has 0 spiro atoms. The summed E-state index contributed by atoms with van der Waals surface area (Å²) in [6.45, 7) is 27.1. The first-order valence-electron chi connectivity index (χ1n) is 13.1. The highest BCUT2D eigenvalue weighted by atomic mass is 16.6. The van der Waals surface area contributed by atoms with E-state index in [2.05, 4.69) is 58.2 Å². The summed E-state index contributed by atoms with van der Waals surface area (Å²) < 4.78 is 5.37. The van der Waals surface area contributed by atoms with Crippen molar-refractivity contribution in [2.45, 2.75) is 94.1 Å². The molecule has 3 rings (SSSR count). The van der Waals surface area contributed by atoms with E-state index in [9.17, 15) is 9.59 Å². The SMILES string of the molecule is C=C(C=C(C)C)N1CCN(C(=O)OC(C)(C)C)CC1.CC.CCC.Cc1ccc2c(c1)CCC2=O. The van der Waals surface area contributed by atoms with Gasteiger partial charge < -0.3 is 14.5 Å². The van der Waals surface area contributed by atoms with Crippen LogP contribution in [-0.2, 0) is 11.2 Å². The number of aryl methyl sites for hydroxylation is 2. The molecule has 0 saturated carbocycles. The van der Waals surface area contributed by atoms with Crippen molar-refractivity contribution in [3.05, 3.63) is 58.8 Å². The summed E-state index contributed by atoms with van der Waals surface area (Å²) in [5.74, 6) is 0.306. The van der Waals surface area contributed by atoms with Crippen LogP contribution in [0, 0.1) is 6.92 Å². The number of benzene rings is 1. The third kappa shape index (κ3) is 12.6. The van der Waals surface area contributed by atoms with Gasteiger partial charge in [-0.2, -0.15) is 0 Å². The molecule has 2 aliphatic rings. The summed E-state index contributed by atoms with van der Waals surface area (Å²) in [7, 11) is 0. The molecule has 1 saturated heterocycles. The number of nitrogens with zero attached hydrogens (tertiary/aromatic N) is 2. The number of rotatable bonds is 2. The number of ketones is 1. The number of ether oxygens (including phenoxy) is 1. The molecule has 0 bridgehead atoms. The van der Waals surface area contributed by atoms with Crippen LogP contribution in [-0.4, -0.2) is 53.5 Å². The fourth-order valence-electron chi connectivity index (χ4n) is 3.51. The molecule has 5 heteroatoms. The molecule has 1 aliphatic carbocycles. The first-order valence-corrected chi connectivity index (χ1v) is 13.1. The van der Waals surface area contributed by atoms with Crippen molar-refractivity contribution in [1.82, 2.24) is 9.80 Å². The van der Waals surface area contributed by atoms with Crippen molar-refractivity contribution in [1.29, 1.82) is 0 Å². The zero-order valence-electron chi connectivity index (χ0n) is 24.1. The average Bonchev–Trinajstić information content (AvgIpc) is 3.14. The molecule has 0 aromatic heterocycles. The summed E-state index contributed by atoms with van der Waals surface area (Å²) in [5, 5.41) is 0. The summed E-state index contributed by atoms with van der Waals surface area (Å²) in [4.78, 5) is 27.1. The Morgan fingerprint density at radius 2 is 1.54 bits per heavy atom. The van der Waals surface area contributed by atoms with Crippen molar-refractivity contribution >= 4 is 11.9 Å². The van der Waals surface area contributed by atoms with Crippen LogP contribution in [0.15, 0.2) is 42.1 Å². The first kappa shape index (κ1) is 32.4. The van der Waals surface area contributed by atoms with Gasteiger partial charge >= 0.3 is 6.09 Å². The van der Waals surface area contributed by atoms with E-state index in [0.29, 0.717) is 25.3 Å². The standard InChI is InChI=1S/C15H26N2O2.C10H10O.C3H8.C2H6/c1-12(2)11-13(3)16-7-9-17(10-8-16)14(18)19-15(4,5)6;1-7-2-4-9-8(6-7)3-5-10(9)11;1-3-2;1-2/h11H,3,7-10H2,1-2,4-6H3;2,4,6H,3,5H2,1H3;3H2,1-2H3;1-2H3. The summed E-state index contributed by atoms with van der Waals surface area (Å²) in [6, 6.07) is 6.06. The number of piperazine rings is 1. The molecule has 35 heavy (non-hydrogen) atoms. The lowest BCUT2D eigenvalue weighted by molar-refractivity contribution is 0.0171. The van der Waals surface area contributed by atoms with E-state index in [0.717, 1.165) is 30.8 Å².